The van der Waals surface area contributed by atoms with Gasteiger partial charge < -0.3 is 10.0 Å². The van der Waals surface area contributed by atoms with E-state index in [1.165, 1.54) is 12.1 Å². The Morgan fingerprint density at radius 1 is 0.828 bits per heavy atom. The molecule has 0 amide bonds. The van der Waals surface area contributed by atoms with Crippen molar-refractivity contribution in [3.8, 4) is 0 Å². The van der Waals surface area contributed by atoms with Crippen LogP contribution in [0, 0.1) is 5.82 Å². The van der Waals surface area contributed by atoms with Crippen molar-refractivity contribution in [1.29, 1.82) is 0 Å². The van der Waals surface area contributed by atoms with Crippen molar-refractivity contribution in [2.75, 3.05) is 37.6 Å². The van der Waals surface area contributed by atoms with Crippen molar-refractivity contribution in [1.82, 2.24) is 4.90 Å². The smallest absolute Gasteiger partial charge is 0.127 e. The zero-order valence-electron chi connectivity index (χ0n) is 16.1. The predicted molar refractivity (Wildman–Crippen MR) is 116 cm³/mol. The lowest BCUT2D eigenvalue weighted by molar-refractivity contribution is 0.0337. The molecule has 150 valence electrons. The van der Waals surface area contributed by atoms with Crippen molar-refractivity contribution < 1.29 is 9.50 Å². The molecular weight excluding hydrogens is 387 g/mol. The van der Waals surface area contributed by atoms with Gasteiger partial charge in [-0.2, -0.15) is 0 Å². The Kier molecular flexibility index (Phi) is 5.86. The fourth-order valence-electron chi connectivity index (χ4n) is 3.95. The molecule has 0 radical (unpaired) electrons. The highest BCUT2D eigenvalue weighted by molar-refractivity contribution is 6.30. The van der Waals surface area contributed by atoms with Gasteiger partial charge in [0.15, 0.2) is 0 Å². The molecule has 3 nitrogen and oxygen atoms in total. The number of piperazine rings is 1. The number of benzene rings is 3. The summed E-state index contributed by atoms with van der Waals surface area (Å²) in [6.07, 6.45) is 0. The standard InChI is InChI=1S/C24H24ClFN2O/c25-21-7-4-8-23(17-21)28-15-13-27(14-16-28)18-24(29,19-5-2-1-3-6-19)20-9-11-22(26)12-10-20/h1-12,17,29H,13-16,18H2. The molecule has 1 atom stereocenters. The van der Waals surface area contributed by atoms with Gasteiger partial charge in [-0.3, -0.25) is 4.90 Å². The number of nitrogens with zero attached hydrogens (tertiary/aromatic N) is 2. The van der Waals surface area contributed by atoms with Crippen molar-refractivity contribution in [3.63, 3.8) is 0 Å². The molecule has 1 N–H and O–H groups in total. The minimum Gasteiger partial charge on any atom is -0.379 e. The maximum absolute atomic E-state index is 13.5. The molecule has 1 fully saturated rings. The lowest BCUT2D eigenvalue weighted by atomic mass is 9.85. The van der Waals surface area contributed by atoms with Crippen LogP contribution in [0.25, 0.3) is 0 Å². The molecule has 1 saturated heterocycles. The molecule has 4 rings (SSSR count). The molecule has 3 aromatic rings. The molecule has 5 heteroatoms. The van der Waals surface area contributed by atoms with Crippen LogP contribution in [-0.2, 0) is 5.60 Å². The van der Waals surface area contributed by atoms with Crippen LogP contribution in [0.2, 0.25) is 5.02 Å². The number of aliphatic hydroxyl groups is 1. The average Bonchev–Trinajstić information content (AvgIpc) is 2.75. The van der Waals surface area contributed by atoms with Crippen LogP contribution in [0.4, 0.5) is 10.1 Å². The zero-order chi connectivity index (χ0) is 20.3. The topological polar surface area (TPSA) is 26.7 Å². The summed E-state index contributed by atoms with van der Waals surface area (Å²) < 4.78 is 13.5. The van der Waals surface area contributed by atoms with Crippen LogP contribution in [-0.4, -0.2) is 42.7 Å². The lowest BCUT2D eigenvalue weighted by Crippen LogP contribution is -2.51. The van der Waals surface area contributed by atoms with Gasteiger partial charge in [0.1, 0.15) is 11.4 Å². The third-order valence-corrected chi connectivity index (χ3v) is 5.81. The highest BCUT2D eigenvalue weighted by Gasteiger charge is 2.34. The Bertz CT molecular complexity index is 943. The van der Waals surface area contributed by atoms with Crippen LogP contribution in [0.5, 0.6) is 0 Å². The fourth-order valence-corrected chi connectivity index (χ4v) is 4.13. The molecule has 1 unspecified atom stereocenters. The van der Waals surface area contributed by atoms with Gasteiger partial charge in [-0.25, -0.2) is 4.39 Å². The Hall–Kier alpha value is -2.40. The summed E-state index contributed by atoms with van der Waals surface area (Å²) in [6, 6.07) is 23.7. The molecule has 1 aliphatic rings. The maximum atomic E-state index is 13.5. The highest BCUT2D eigenvalue weighted by Crippen LogP contribution is 2.31. The third-order valence-electron chi connectivity index (χ3n) is 5.57. The molecule has 1 aliphatic heterocycles. The van der Waals surface area contributed by atoms with E-state index in [1.807, 2.05) is 48.5 Å². The van der Waals surface area contributed by atoms with Crippen molar-refractivity contribution in [3.05, 3.63) is 101 Å². The Labute approximate surface area is 176 Å². The van der Waals surface area contributed by atoms with E-state index in [0.29, 0.717) is 12.1 Å². The summed E-state index contributed by atoms with van der Waals surface area (Å²) in [4.78, 5) is 4.57. The minimum absolute atomic E-state index is 0.306. The van der Waals surface area contributed by atoms with Gasteiger partial charge in [-0.1, -0.05) is 60.1 Å². The molecule has 0 aromatic heterocycles. The second kappa shape index (κ2) is 8.54. The van der Waals surface area contributed by atoms with E-state index in [4.69, 9.17) is 11.6 Å². The van der Waals surface area contributed by atoms with E-state index in [2.05, 4.69) is 15.9 Å². The number of β-amino-alcohol motifs (C(OH)–C–C–N with tert-alkyl or cyclic N) is 1. The first-order valence-electron chi connectivity index (χ1n) is 9.81. The summed E-state index contributed by atoms with van der Waals surface area (Å²) in [5.74, 6) is -0.306. The summed E-state index contributed by atoms with van der Waals surface area (Å²) in [7, 11) is 0. The molecule has 0 spiro atoms. The number of halogens is 2. The van der Waals surface area contributed by atoms with E-state index in [-0.39, 0.29) is 5.82 Å². The largest absolute Gasteiger partial charge is 0.379 e. The zero-order valence-corrected chi connectivity index (χ0v) is 16.9. The van der Waals surface area contributed by atoms with Crippen molar-refractivity contribution in [2.24, 2.45) is 0 Å². The normalized spacial score (nSPS) is 17.1. The summed E-state index contributed by atoms with van der Waals surface area (Å²) in [5.41, 5.74) is 1.42. The third kappa shape index (κ3) is 4.45. The van der Waals surface area contributed by atoms with Gasteiger partial charge in [0.25, 0.3) is 0 Å². The van der Waals surface area contributed by atoms with Crippen LogP contribution < -0.4 is 4.90 Å². The van der Waals surface area contributed by atoms with Crippen LogP contribution in [0.15, 0.2) is 78.9 Å². The monoisotopic (exact) mass is 410 g/mol. The van der Waals surface area contributed by atoms with Crippen LogP contribution in [0.1, 0.15) is 11.1 Å². The summed E-state index contributed by atoms with van der Waals surface area (Å²) >= 11 is 6.13. The van der Waals surface area contributed by atoms with E-state index < -0.39 is 5.60 Å². The molecule has 3 aromatic carbocycles. The molecule has 1 heterocycles. The first-order valence-corrected chi connectivity index (χ1v) is 10.2. The summed E-state index contributed by atoms with van der Waals surface area (Å²) in [6.45, 7) is 3.81. The number of hydrogen-bond donors (Lipinski definition) is 1. The average molecular weight is 411 g/mol. The maximum Gasteiger partial charge on any atom is 0.127 e. The minimum atomic E-state index is -1.20. The van der Waals surface area contributed by atoms with E-state index in [1.54, 1.807) is 12.1 Å². The van der Waals surface area contributed by atoms with Gasteiger partial charge in [0.05, 0.1) is 0 Å². The van der Waals surface area contributed by atoms with Gasteiger partial charge in [0.2, 0.25) is 0 Å². The molecule has 0 bridgehead atoms. The molecule has 29 heavy (non-hydrogen) atoms. The van der Waals surface area contributed by atoms with Crippen LogP contribution in [0.3, 0.4) is 0 Å². The lowest BCUT2D eigenvalue weighted by Gasteiger charge is -2.40. The van der Waals surface area contributed by atoms with Gasteiger partial charge in [-0.15, -0.1) is 0 Å². The quantitative estimate of drug-likeness (QED) is 0.669. The molecular formula is C24H24ClFN2O. The number of anilines is 1. The van der Waals surface area contributed by atoms with Gasteiger partial charge in [-0.05, 0) is 41.5 Å². The van der Waals surface area contributed by atoms with E-state index >= 15 is 0 Å². The number of hydrogen-bond acceptors (Lipinski definition) is 3. The Morgan fingerprint density at radius 3 is 2.14 bits per heavy atom. The summed E-state index contributed by atoms with van der Waals surface area (Å²) in [5, 5.41) is 12.5. The Balaban J connectivity index is 1.52. The second-order valence-corrected chi connectivity index (χ2v) is 7.91. The molecule has 0 saturated carbocycles. The first-order chi connectivity index (χ1) is 14.0. The highest BCUT2D eigenvalue weighted by atomic mass is 35.5. The van der Waals surface area contributed by atoms with Gasteiger partial charge in [0, 0.05) is 43.4 Å². The van der Waals surface area contributed by atoms with E-state index in [0.717, 1.165) is 42.5 Å². The van der Waals surface area contributed by atoms with Gasteiger partial charge >= 0.3 is 0 Å². The first kappa shape index (κ1) is 19.9. The molecule has 0 aliphatic carbocycles. The predicted octanol–water partition coefficient (Wildman–Crippen LogP) is 4.54. The fraction of sp³-hybridized carbons (Fsp3) is 0.250. The SMILES string of the molecule is OC(CN1CCN(c2cccc(Cl)c2)CC1)(c1ccccc1)c1ccc(F)cc1. The van der Waals surface area contributed by atoms with Crippen LogP contribution >= 0.6 is 11.6 Å². The van der Waals surface area contributed by atoms with Crippen molar-refractivity contribution in [2.45, 2.75) is 5.60 Å². The second-order valence-electron chi connectivity index (χ2n) is 7.48. The van der Waals surface area contributed by atoms with Crippen molar-refractivity contribution >= 4 is 17.3 Å². The number of rotatable bonds is 5. The van der Waals surface area contributed by atoms with E-state index in [9.17, 15) is 9.50 Å². The Morgan fingerprint density at radius 2 is 1.48 bits per heavy atom.